The average molecular weight is 267 g/mol. The van der Waals surface area contributed by atoms with Crippen LogP contribution < -0.4 is 4.72 Å². The van der Waals surface area contributed by atoms with Gasteiger partial charge in [0.1, 0.15) is 4.90 Å². The fourth-order valence-corrected chi connectivity index (χ4v) is 2.45. The largest absolute Gasteiger partial charge is 0.380 e. The minimum absolute atomic E-state index is 0.0969. The molecular weight excluding hydrogens is 254 g/mol. The predicted molar refractivity (Wildman–Crippen MR) is 66.6 cm³/mol. The second kappa shape index (κ2) is 5.19. The van der Waals surface area contributed by atoms with Gasteiger partial charge in [0.25, 0.3) is 10.0 Å². The molecule has 1 heterocycles. The number of rotatable bonds is 5. The number of methoxy groups -OCH3 is 1. The maximum absolute atomic E-state index is 11.9. The Morgan fingerprint density at radius 2 is 2.28 bits per heavy atom. The van der Waals surface area contributed by atoms with Gasteiger partial charge in [0.05, 0.1) is 12.8 Å². The number of hydrogen-bond acceptors (Lipinski definition) is 4. The van der Waals surface area contributed by atoms with Crippen molar-refractivity contribution in [3.8, 4) is 0 Å². The standard InChI is InChI=1S/C11H13N3O3S/c1-17-8-9-3-2-4-10(5-9)14-18(15,16)11-6-12-13-7-11/h2-7,14H,8H2,1H3,(H,12,13). The summed E-state index contributed by atoms with van der Waals surface area (Å²) in [6.45, 7) is 0.432. The van der Waals surface area contributed by atoms with E-state index in [0.717, 1.165) is 5.56 Å². The molecule has 2 N–H and O–H groups in total. The molecule has 0 fully saturated rings. The van der Waals surface area contributed by atoms with E-state index in [1.807, 2.05) is 6.07 Å². The molecule has 0 spiro atoms. The number of H-pyrrole nitrogens is 1. The van der Waals surface area contributed by atoms with Crippen molar-refractivity contribution in [1.29, 1.82) is 0 Å². The van der Waals surface area contributed by atoms with Gasteiger partial charge in [-0.2, -0.15) is 5.10 Å². The highest BCUT2D eigenvalue weighted by molar-refractivity contribution is 7.92. The third-order valence-electron chi connectivity index (χ3n) is 2.27. The summed E-state index contributed by atoms with van der Waals surface area (Å²) in [5, 5.41) is 6.08. The maximum atomic E-state index is 11.9. The van der Waals surface area contributed by atoms with Crippen LogP contribution in [0.4, 0.5) is 5.69 Å². The molecule has 0 bridgehead atoms. The van der Waals surface area contributed by atoms with Gasteiger partial charge in [-0.15, -0.1) is 0 Å². The lowest BCUT2D eigenvalue weighted by molar-refractivity contribution is 0.185. The summed E-state index contributed by atoms with van der Waals surface area (Å²) < 4.78 is 31.3. The average Bonchev–Trinajstić information content (AvgIpc) is 2.83. The van der Waals surface area contributed by atoms with E-state index in [1.54, 1.807) is 25.3 Å². The highest BCUT2D eigenvalue weighted by atomic mass is 32.2. The molecule has 0 amide bonds. The number of sulfonamides is 1. The molecule has 1 aromatic carbocycles. The molecule has 2 rings (SSSR count). The van der Waals surface area contributed by atoms with E-state index >= 15 is 0 Å². The molecule has 0 atom stereocenters. The Bertz CT molecular complexity index is 608. The summed E-state index contributed by atoms with van der Waals surface area (Å²) in [5.41, 5.74) is 1.38. The number of hydrogen-bond donors (Lipinski definition) is 2. The van der Waals surface area contributed by atoms with Crippen molar-refractivity contribution in [1.82, 2.24) is 10.2 Å². The van der Waals surface area contributed by atoms with E-state index in [-0.39, 0.29) is 4.90 Å². The highest BCUT2D eigenvalue weighted by Crippen LogP contribution is 2.16. The van der Waals surface area contributed by atoms with E-state index < -0.39 is 10.0 Å². The Morgan fingerprint density at radius 3 is 2.94 bits per heavy atom. The van der Waals surface area contributed by atoms with Gasteiger partial charge in [-0.05, 0) is 17.7 Å². The Kier molecular flexibility index (Phi) is 3.63. The Balaban J connectivity index is 2.21. The van der Waals surface area contributed by atoms with Crippen LogP contribution in [-0.4, -0.2) is 25.7 Å². The third kappa shape index (κ3) is 2.88. The molecule has 0 aliphatic rings. The fourth-order valence-electron chi connectivity index (χ4n) is 1.49. The first-order chi connectivity index (χ1) is 8.62. The molecule has 0 saturated heterocycles. The van der Waals surface area contributed by atoms with Crippen molar-refractivity contribution in [2.75, 3.05) is 11.8 Å². The molecule has 2 aromatic rings. The van der Waals surface area contributed by atoms with Crippen molar-refractivity contribution in [2.24, 2.45) is 0 Å². The molecule has 0 saturated carbocycles. The van der Waals surface area contributed by atoms with E-state index in [2.05, 4.69) is 14.9 Å². The van der Waals surface area contributed by atoms with Crippen LogP contribution in [-0.2, 0) is 21.4 Å². The van der Waals surface area contributed by atoms with Crippen molar-refractivity contribution < 1.29 is 13.2 Å². The van der Waals surface area contributed by atoms with Crippen molar-refractivity contribution in [2.45, 2.75) is 11.5 Å². The van der Waals surface area contributed by atoms with Gasteiger partial charge in [-0.3, -0.25) is 9.82 Å². The predicted octanol–water partition coefficient (Wildman–Crippen LogP) is 1.36. The quantitative estimate of drug-likeness (QED) is 0.856. The van der Waals surface area contributed by atoms with E-state index in [4.69, 9.17) is 4.74 Å². The first-order valence-electron chi connectivity index (χ1n) is 5.21. The number of aromatic nitrogens is 2. The number of aromatic amines is 1. The molecule has 0 aliphatic carbocycles. The number of anilines is 1. The van der Waals surface area contributed by atoms with Crippen LogP contribution in [0.15, 0.2) is 41.6 Å². The zero-order valence-corrected chi connectivity index (χ0v) is 10.6. The molecule has 18 heavy (non-hydrogen) atoms. The summed E-state index contributed by atoms with van der Waals surface area (Å²) in [7, 11) is -2.00. The van der Waals surface area contributed by atoms with Crippen LogP contribution in [0.3, 0.4) is 0 Å². The topological polar surface area (TPSA) is 84.1 Å². The number of benzene rings is 1. The summed E-state index contributed by atoms with van der Waals surface area (Å²) in [4.78, 5) is 0.0969. The first-order valence-corrected chi connectivity index (χ1v) is 6.69. The minimum atomic E-state index is -3.59. The van der Waals surface area contributed by atoms with Crippen LogP contribution in [0, 0.1) is 0 Å². The van der Waals surface area contributed by atoms with Crippen LogP contribution in [0.1, 0.15) is 5.56 Å². The maximum Gasteiger partial charge on any atom is 0.265 e. The van der Waals surface area contributed by atoms with Gasteiger partial charge < -0.3 is 4.74 Å². The zero-order chi connectivity index (χ0) is 13.0. The lowest BCUT2D eigenvalue weighted by Crippen LogP contribution is -2.12. The van der Waals surface area contributed by atoms with Crippen molar-refractivity contribution in [3.05, 3.63) is 42.2 Å². The number of nitrogens with one attached hydrogen (secondary N) is 2. The van der Waals surface area contributed by atoms with E-state index in [0.29, 0.717) is 12.3 Å². The zero-order valence-electron chi connectivity index (χ0n) is 9.75. The Labute approximate surface area is 105 Å². The van der Waals surface area contributed by atoms with E-state index in [9.17, 15) is 8.42 Å². The molecular formula is C11H13N3O3S. The number of nitrogens with zero attached hydrogens (tertiary/aromatic N) is 1. The second-order valence-corrected chi connectivity index (χ2v) is 5.36. The van der Waals surface area contributed by atoms with Gasteiger partial charge in [0, 0.05) is 19.0 Å². The van der Waals surface area contributed by atoms with Gasteiger partial charge in [-0.25, -0.2) is 8.42 Å². The van der Waals surface area contributed by atoms with Gasteiger partial charge in [0.15, 0.2) is 0 Å². The van der Waals surface area contributed by atoms with Crippen LogP contribution in [0.5, 0.6) is 0 Å². The van der Waals surface area contributed by atoms with Crippen LogP contribution in [0.25, 0.3) is 0 Å². The Morgan fingerprint density at radius 1 is 1.44 bits per heavy atom. The second-order valence-electron chi connectivity index (χ2n) is 3.67. The Hall–Kier alpha value is -1.86. The van der Waals surface area contributed by atoms with Crippen molar-refractivity contribution in [3.63, 3.8) is 0 Å². The van der Waals surface area contributed by atoms with Crippen LogP contribution in [0.2, 0.25) is 0 Å². The lowest BCUT2D eigenvalue weighted by atomic mass is 10.2. The summed E-state index contributed by atoms with van der Waals surface area (Å²) in [6, 6.07) is 7.03. The fraction of sp³-hybridized carbons (Fsp3) is 0.182. The smallest absolute Gasteiger partial charge is 0.265 e. The highest BCUT2D eigenvalue weighted by Gasteiger charge is 2.15. The van der Waals surface area contributed by atoms with Gasteiger partial charge >= 0.3 is 0 Å². The summed E-state index contributed by atoms with van der Waals surface area (Å²) >= 11 is 0. The van der Waals surface area contributed by atoms with Crippen LogP contribution >= 0.6 is 0 Å². The number of ether oxygens (including phenoxy) is 1. The lowest BCUT2D eigenvalue weighted by Gasteiger charge is -2.07. The molecule has 7 heteroatoms. The molecule has 96 valence electrons. The molecule has 0 radical (unpaired) electrons. The molecule has 1 aromatic heterocycles. The SMILES string of the molecule is COCc1cccc(NS(=O)(=O)c2cn[nH]c2)c1. The molecule has 0 unspecified atom stereocenters. The van der Waals surface area contributed by atoms with Gasteiger partial charge in [0.2, 0.25) is 0 Å². The first kappa shape index (κ1) is 12.6. The van der Waals surface area contributed by atoms with E-state index in [1.165, 1.54) is 12.4 Å². The third-order valence-corrected chi connectivity index (χ3v) is 3.62. The normalized spacial score (nSPS) is 11.4. The minimum Gasteiger partial charge on any atom is -0.380 e. The summed E-state index contributed by atoms with van der Waals surface area (Å²) in [6.07, 6.45) is 2.57. The monoisotopic (exact) mass is 267 g/mol. The molecule has 0 aliphatic heterocycles. The van der Waals surface area contributed by atoms with Crippen molar-refractivity contribution >= 4 is 15.7 Å². The molecule has 6 nitrogen and oxygen atoms in total. The van der Waals surface area contributed by atoms with Gasteiger partial charge in [-0.1, -0.05) is 12.1 Å². The summed E-state index contributed by atoms with van der Waals surface area (Å²) in [5.74, 6) is 0.